The Balaban J connectivity index is 1.70. The van der Waals surface area contributed by atoms with E-state index in [1.54, 1.807) is 0 Å². The van der Waals surface area contributed by atoms with Gasteiger partial charge in [0, 0.05) is 29.7 Å². The number of carbonyl (C=O) groups excluding carboxylic acids is 2. The van der Waals surface area contributed by atoms with E-state index >= 15 is 0 Å². The van der Waals surface area contributed by atoms with Crippen LogP contribution in [0, 0.1) is 33.5 Å². The number of allylic oxidation sites excluding steroid dienone is 1. The van der Waals surface area contributed by atoms with Crippen molar-refractivity contribution in [3.05, 3.63) is 11.1 Å². The summed E-state index contributed by atoms with van der Waals surface area (Å²) in [4.78, 5) is 27.0. The molecule has 5 aliphatic rings. The van der Waals surface area contributed by atoms with Crippen LogP contribution >= 0.6 is 0 Å². The zero-order chi connectivity index (χ0) is 25.1. The number of aliphatic hydroxyl groups excluding tert-OH is 4. The molecular formula is C27H40O7. The lowest BCUT2D eigenvalue weighted by atomic mass is 9.42. The first kappa shape index (κ1) is 24.6. The molecule has 0 amide bonds. The van der Waals surface area contributed by atoms with Crippen molar-refractivity contribution in [3.63, 3.8) is 0 Å². The third-order valence-corrected chi connectivity index (χ3v) is 11.5. The summed E-state index contributed by atoms with van der Waals surface area (Å²) in [5.41, 5.74) is -2.95. The van der Waals surface area contributed by atoms with Gasteiger partial charge in [-0.15, -0.1) is 0 Å². The second-order valence-corrected chi connectivity index (χ2v) is 13.0. The molecule has 0 aromatic carbocycles. The lowest BCUT2D eigenvalue weighted by Gasteiger charge is -2.62. The molecule has 2 saturated carbocycles. The van der Waals surface area contributed by atoms with Crippen LogP contribution in [0.1, 0.15) is 73.1 Å². The smallest absolute Gasteiger partial charge is 0.169 e. The quantitative estimate of drug-likeness (QED) is 0.480. The normalized spacial score (nSPS) is 52.4. The van der Waals surface area contributed by atoms with Gasteiger partial charge >= 0.3 is 0 Å². The van der Waals surface area contributed by atoms with Crippen LogP contribution in [0.15, 0.2) is 11.1 Å². The number of hydrogen-bond donors (Lipinski definition) is 4. The Kier molecular flexibility index (Phi) is 5.22. The highest BCUT2D eigenvalue weighted by Gasteiger charge is 2.73. The summed E-state index contributed by atoms with van der Waals surface area (Å²) in [7, 11) is 0. The molecule has 0 aromatic rings. The average molecular weight is 477 g/mol. The van der Waals surface area contributed by atoms with Crippen LogP contribution in [-0.2, 0) is 14.3 Å². The zero-order valence-corrected chi connectivity index (χ0v) is 21.1. The Hall–Kier alpha value is -1.12. The molecule has 7 heteroatoms. The minimum Gasteiger partial charge on any atom is -0.393 e. The zero-order valence-electron chi connectivity index (χ0n) is 21.1. The molecule has 1 heterocycles. The van der Waals surface area contributed by atoms with E-state index in [1.165, 1.54) is 0 Å². The van der Waals surface area contributed by atoms with E-state index in [4.69, 9.17) is 4.74 Å². The maximum Gasteiger partial charge on any atom is 0.169 e. The predicted molar refractivity (Wildman–Crippen MR) is 124 cm³/mol. The SMILES string of the molecule is CC1(C)[C@@H](O)CC[C@]2(C)C3=C([C@@H](O)C[C@@H]12)[C@]1(C)[C@@H](O)C[C@H](C2(CO)OCCC2=O)[C@@]1(C)CC3=O. The molecule has 1 aliphatic heterocycles. The Labute approximate surface area is 201 Å². The molecular weight excluding hydrogens is 436 g/mol. The summed E-state index contributed by atoms with van der Waals surface area (Å²) in [5, 5.41) is 44.3. The number of Topliss-reactive ketones (excluding diaryl/α,β-unsaturated/α-hetero) is 2. The second-order valence-electron chi connectivity index (χ2n) is 13.0. The van der Waals surface area contributed by atoms with Crippen molar-refractivity contribution < 1.29 is 34.8 Å². The van der Waals surface area contributed by atoms with Gasteiger partial charge in [-0.05, 0) is 53.4 Å². The molecule has 34 heavy (non-hydrogen) atoms. The van der Waals surface area contributed by atoms with Crippen LogP contribution in [0.2, 0.25) is 0 Å². The molecule has 4 N–H and O–H groups in total. The fraction of sp³-hybridized carbons (Fsp3) is 0.852. The fourth-order valence-electron chi connectivity index (χ4n) is 9.33. The number of carbonyl (C=O) groups is 2. The third kappa shape index (κ3) is 2.60. The van der Waals surface area contributed by atoms with Crippen molar-refractivity contribution in [2.75, 3.05) is 13.2 Å². The number of ether oxygens (including phenoxy) is 1. The number of ketones is 2. The molecule has 0 spiro atoms. The van der Waals surface area contributed by atoms with E-state index in [-0.39, 0.29) is 43.4 Å². The van der Waals surface area contributed by atoms with Crippen LogP contribution in [0.4, 0.5) is 0 Å². The van der Waals surface area contributed by atoms with Crippen molar-refractivity contribution in [2.45, 2.75) is 97.1 Å². The van der Waals surface area contributed by atoms with Gasteiger partial charge in [0.05, 0.1) is 31.5 Å². The van der Waals surface area contributed by atoms with Crippen LogP contribution in [0.25, 0.3) is 0 Å². The Morgan fingerprint density at radius 3 is 2.24 bits per heavy atom. The average Bonchev–Trinajstić information content (AvgIpc) is 3.23. The van der Waals surface area contributed by atoms with Gasteiger partial charge < -0.3 is 25.2 Å². The summed E-state index contributed by atoms with van der Waals surface area (Å²) in [6.45, 7) is 9.73. The Morgan fingerprint density at radius 2 is 1.65 bits per heavy atom. The number of rotatable bonds is 2. The predicted octanol–water partition coefficient (Wildman–Crippen LogP) is 1.94. The molecule has 0 bridgehead atoms. The van der Waals surface area contributed by atoms with Crippen LogP contribution in [-0.4, -0.2) is 69.1 Å². The maximum atomic E-state index is 14.1. The van der Waals surface area contributed by atoms with Gasteiger partial charge in [0.15, 0.2) is 17.2 Å². The van der Waals surface area contributed by atoms with Gasteiger partial charge in [0.1, 0.15) is 0 Å². The molecule has 9 atom stereocenters. The van der Waals surface area contributed by atoms with E-state index in [9.17, 15) is 30.0 Å². The van der Waals surface area contributed by atoms with Gasteiger partial charge in [0.2, 0.25) is 0 Å². The number of fused-ring (bicyclic) bond motifs is 4. The molecule has 7 nitrogen and oxygen atoms in total. The highest BCUT2D eigenvalue weighted by molar-refractivity contribution is 6.00. The van der Waals surface area contributed by atoms with E-state index < -0.39 is 58.1 Å². The van der Waals surface area contributed by atoms with Crippen molar-refractivity contribution in [1.82, 2.24) is 0 Å². The van der Waals surface area contributed by atoms with Crippen molar-refractivity contribution in [2.24, 2.45) is 33.5 Å². The summed E-state index contributed by atoms with van der Waals surface area (Å²) in [6.07, 6.45) is -0.124. The van der Waals surface area contributed by atoms with Crippen LogP contribution in [0.3, 0.4) is 0 Å². The number of hydrogen-bond acceptors (Lipinski definition) is 7. The lowest BCUT2D eigenvalue weighted by molar-refractivity contribution is -0.162. The molecule has 1 unspecified atom stereocenters. The van der Waals surface area contributed by atoms with Gasteiger partial charge in [-0.3, -0.25) is 9.59 Å². The first-order valence-electron chi connectivity index (χ1n) is 12.8. The Bertz CT molecular complexity index is 970. The Morgan fingerprint density at radius 1 is 0.971 bits per heavy atom. The second kappa shape index (κ2) is 7.22. The molecule has 3 fully saturated rings. The summed E-state index contributed by atoms with van der Waals surface area (Å²) in [5.74, 6) is -0.845. The van der Waals surface area contributed by atoms with E-state index in [1.807, 2.05) is 27.7 Å². The largest absolute Gasteiger partial charge is 0.393 e. The molecule has 1 saturated heterocycles. The van der Waals surface area contributed by atoms with Gasteiger partial charge in [-0.2, -0.15) is 0 Å². The van der Waals surface area contributed by atoms with Crippen molar-refractivity contribution in [1.29, 1.82) is 0 Å². The van der Waals surface area contributed by atoms with E-state index in [0.29, 0.717) is 30.4 Å². The van der Waals surface area contributed by atoms with Crippen molar-refractivity contribution >= 4 is 11.6 Å². The molecule has 4 aliphatic carbocycles. The van der Waals surface area contributed by atoms with E-state index in [2.05, 4.69) is 6.92 Å². The van der Waals surface area contributed by atoms with Gasteiger partial charge in [-0.25, -0.2) is 0 Å². The standard InChI is InChI=1S/C27H40O7/c1-23(2)16-10-14(29)22-21(24(16,3)8-6-18(23)31)15(30)12-25(4)17(11-20(33)26(22,25)5)27(13-28)19(32)7-9-34-27/h14,16-18,20,28-29,31,33H,6-13H2,1-5H3/t14-,16-,17-,18-,20-,24-,25+,26-,27?/m0/s1. The van der Waals surface area contributed by atoms with Crippen LogP contribution < -0.4 is 0 Å². The maximum absolute atomic E-state index is 14.1. The third-order valence-electron chi connectivity index (χ3n) is 11.5. The monoisotopic (exact) mass is 476 g/mol. The van der Waals surface area contributed by atoms with Crippen molar-refractivity contribution in [3.8, 4) is 0 Å². The minimum absolute atomic E-state index is 0.0500. The molecule has 0 aromatic heterocycles. The lowest BCUT2D eigenvalue weighted by Crippen LogP contribution is -2.62. The van der Waals surface area contributed by atoms with Gasteiger partial charge in [0.25, 0.3) is 0 Å². The first-order chi connectivity index (χ1) is 15.7. The minimum atomic E-state index is -1.42. The fourth-order valence-corrected chi connectivity index (χ4v) is 9.33. The molecule has 0 radical (unpaired) electrons. The van der Waals surface area contributed by atoms with Gasteiger partial charge in [-0.1, -0.05) is 34.6 Å². The highest BCUT2D eigenvalue weighted by Crippen LogP contribution is 2.72. The first-order valence-corrected chi connectivity index (χ1v) is 12.8. The number of aliphatic hydroxyl groups is 4. The summed E-state index contributed by atoms with van der Waals surface area (Å²) >= 11 is 0. The molecule has 190 valence electrons. The summed E-state index contributed by atoms with van der Waals surface area (Å²) in [6, 6.07) is 0. The molecule has 5 rings (SSSR count). The van der Waals surface area contributed by atoms with Crippen LogP contribution in [0.5, 0.6) is 0 Å². The topological polar surface area (TPSA) is 124 Å². The highest BCUT2D eigenvalue weighted by atomic mass is 16.5. The van der Waals surface area contributed by atoms with E-state index in [0.717, 1.165) is 0 Å². The summed E-state index contributed by atoms with van der Waals surface area (Å²) < 4.78 is 5.91.